The summed E-state index contributed by atoms with van der Waals surface area (Å²) in [4.78, 5) is 16.0. The number of aromatic nitrogens is 1. The molecule has 0 saturated carbocycles. The molecule has 2 heterocycles. The highest BCUT2D eigenvalue weighted by Gasteiger charge is 2.09. The van der Waals surface area contributed by atoms with Gasteiger partial charge in [0.25, 0.3) is 0 Å². The zero-order valence-corrected chi connectivity index (χ0v) is 12.9. The van der Waals surface area contributed by atoms with Crippen molar-refractivity contribution >= 4 is 39.6 Å². The van der Waals surface area contributed by atoms with Crippen molar-refractivity contribution in [3.8, 4) is 0 Å². The number of ether oxygens (including phenoxy) is 1. The molecular weight excluding hydrogens is 296 g/mol. The van der Waals surface area contributed by atoms with E-state index < -0.39 is 0 Å². The van der Waals surface area contributed by atoms with Gasteiger partial charge in [0.15, 0.2) is 0 Å². The average molecular weight is 312 g/mol. The van der Waals surface area contributed by atoms with Crippen LogP contribution < -0.4 is 5.32 Å². The van der Waals surface area contributed by atoms with Crippen molar-refractivity contribution in [3.63, 3.8) is 0 Å². The van der Waals surface area contributed by atoms with Gasteiger partial charge in [-0.05, 0) is 36.6 Å². The molecule has 0 radical (unpaired) electrons. The molecule has 0 aliphatic carbocycles. The number of rotatable bonds is 5. The number of aromatic amines is 1. The lowest BCUT2D eigenvalue weighted by Crippen LogP contribution is -2.05. The van der Waals surface area contributed by atoms with Gasteiger partial charge < -0.3 is 15.0 Å². The maximum Gasteiger partial charge on any atom is 0.332 e. The topological polar surface area (TPSA) is 54.1 Å². The molecule has 0 amide bonds. The molecule has 0 aliphatic rings. The van der Waals surface area contributed by atoms with E-state index in [1.165, 1.54) is 6.08 Å². The van der Waals surface area contributed by atoms with Crippen LogP contribution >= 0.6 is 11.3 Å². The van der Waals surface area contributed by atoms with Crippen molar-refractivity contribution in [1.29, 1.82) is 0 Å². The second-order valence-electron chi connectivity index (χ2n) is 4.66. The van der Waals surface area contributed by atoms with Crippen LogP contribution in [0.3, 0.4) is 0 Å². The quantitative estimate of drug-likeness (QED) is 0.547. The summed E-state index contributed by atoms with van der Waals surface area (Å²) in [7, 11) is 0. The van der Waals surface area contributed by atoms with Gasteiger partial charge in [-0.2, -0.15) is 0 Å². The molecule has 5 heteroatoms. The number of carbonyl (C=O) groups is 1. The Kier molecular flexibility index (Phi) is 4.25. The van der Waals surface area contributed by atoms with Crippen LogP contribution in [0.5, 0.6) is 0 Å². The van der Waals surface area contributed by atoms with Crippen LogP contribution in [0.2, 0.25) is 0 Å². The molecule has 4 nitrogen and oxygen atoms in total. The lowest BCUT2D eigenvalue weighted by atomic mass is 10.2. The third-order valence-electron chi connectivity index (χ3n) is 3.20. The summed E-state index contributed by atoms with van der Waals surface area (Å²) >= 11 is 1.57. The van der Waals surface area contributed by atoms with Crippen LogP contribution in [0.1, 0.15) is 11.8 Å². The van der Waals surface area contributed by atoms with E-state index >= 15 is 0 Å². The number of carbonyl (C=O) groups excluding carboxylic acids is 1. The minimum atomic E-state index is -0.348. The standard InChI is InChI=1S/C17H16N2O2S/c1-2-21-17(20)11-15(16-7-4-10-22-16)19-14-6-3-5-13-12(14)8-9-18-13/h3-11,18-19H,2H2,1H3/b15-11+. The molecule has 0 spiro atoms. The average Bonchev–Trinajstić information content (AvgIpc) is 3.18. The number of esters is 1. The van der Waals surface area contributed by atoms with Gasteiger partial charge in [-0.1, -0.05) is 12.1 Å². The largest absolute Gasteiger partial charge is 0.463 e. The summed E-state index contributed by atoms with van der Waals surface area (Å²) in [6, 6.07) is 11.9. The van der Waals surface area contributed by atoms with E-state index in [-0.39, 0.29) is 5.97 Å². The van der Waals surface area contributed by atoms with Crippen LogP contribution in [-0.4, -0.2) is 17.6 Å². The van der Waals surface area contributed by atoms with Gasteiger partial charge in [0.1, 0.15) is 0 Å². The molecule has 0 aliphatic heterocycles. The van der Waals surface area contributed by atoms with E-state index in [1.54, 1.807) is 18.3 Å². The Bertz CT molecular complexity index is 803. The number of benzene rings is 1. The third-order valence-corrected chi connectivity index (χ3v) is 4.10. The molecule has 0 unspecified atom stereocenters. The van der Waals surface area contributed by atoms with Crippen LogP contribution in [0.25, 0.3) is 16.6 Å². The Morgan fingerprint density at radius 2 is 2.23 bits per heavy atom. The molecule has 0 fully saturated rings. The first-order valence-corrected chi connectivity index (χ1v) is 7.91. The highest BCUT2D eigenvalue weighted by molar-refractivity contribution is 7.11. The SMILES string of the molecule is CCOC(=O)/C=C(/Nc1cccc2[nH]ccc12)c1cccs1. The molecule has 0 atom stereocenters. The number of H-pyrrole nitrogens is 1. The first kappa shape index (κ1) is 14.4. The number of anilines is 1. The number of thiophene rings is 1. The summed E-state index contributed by atoms with van der Waals surface area (Å²) in [6.07, 6.45) is 3.40. The van der Waals surface area contributed by atoms with E-state index in [2.05, 4.69) is 10.3 Å². The smallest absolute Gasteiger partial charge is 0.332 e. The normalized spacial score (nSPS) is 11.6. The molecule has 2 aromatic heterocycles. The minimum Gasteiger partial charge on any atom is -0.463 e. The van der Waals surface area contributed by atoms with Gasteiger partial charge in [-0.3, -0.25) is 0 Å². The second kappa shape index (κ2) is 6.49. The fourth-order valence-corrected chi connectivity index (χ4v) is 2.94. The Hall–Kier alpha value is -2.53. The summed E-state index contributed by atoms with van der Waals surface area (Å²) in [5.41, 5.74) is 2.73. The summed E-state index contributed by atoms with van der Waals surface area (Å²) in [5.74, 6) is -0.348. The number of fused-ring (bicyclic) bond motifs is 1. The Balaban J connectivity index is 1.97. The number of nitrogens with one attached hydrogen (secondary N) is 2. The molecule has 2 N–H and O–H groups in total. The Morgan fingerprint density at radius 3 is 3.00 bits per heavy atom. The molecular formula is C17H16N2O2S. The molecule has 112 valence electrons. The fraction of sp³-hybridized carbons (Fsp3) is 0.118. The van der Waals surface area contributed by atoms with Gasteiger partial charge in [0.05, 0.1) is 17.2 Å². The predicted molar refractivity (Wildman–Crippen MR) is 90.9 cm³/mol. The molecule has 3 aromatic rings. The first-order chi connectivity index (χ1) is 10.8. The van der Waals surface area contributed by atoms with Crippen molar-refractivity contribution in [2.45, 2.75) is 6.92 Å². The van der Waals surface area contributed by atoms with Gasteiger partial charge >= 0.3 is 5.97 Å². The number of hydrogen-bond acceptors (Lipinski definition) is 4. The van der Waals surface area contributed by atoms with E-state index in [0.29, 0.717) is 6.61 Å². The zero-order valence-electron chi connectivity index (χ0n) is 12.1. The first-order valence-electron chi connectivity index (χ1n) is 7.03. The molecule has 22 heavy (non-hydrogen) atoms. The highest BCUT2D eigenvalue weighted by atomic mass is 32.1. The maximum absolute atomic E-state index is 11.8. The third kappa shape index (κ3) is 3.04. The second-order valence-corrected chi connectivity index (χ2v) is 5.60. The minimum absolute atomic E-state index is 0.348. The summed E-state index contributed by atoms with van der Waals surface area (Å²) < 4.78 is 5.02. The van der Waals surface area contributed by atoms with Crippen LogP contribution in [0.4, 0.5) is 5.69 Å². The van der Waals surface area contributed by atoms with Crippen molar-refractivity contribution < 1.29 is 9.53 Å². The van der Waals surface area contributed by atoms with Crippen LogP contribution in [-0.2, 0) is 9.53 Å². The molecule has 1 aromatic carbocycles. The lowest BCUT2D eigenvalue weighted by Gasteiger charge is -2.11. The molecule has 0 saturated heterocycles. The highest BCUT2D eigenvalue weighted by Crippen LogP contribution is 2.28. The maximum atomic E-state index is 11.8. The monoisotopic (exact) mass is 312 g/mol. The van der Waals surface area contributed by atoms with Gasteiger partial charge in [-0.25, -0.2) is 4.79 Å². The van der Waals surface area contributed by atoms with E-state index in [1.807, 2.05) is 48.0 Å². The van der Waals surface area contributed by atoms with Crippen LogP contribution in [0.15, 0.2) is 54.1 Å². The molecule has 0 bridgehead atoms. The molecule has 3 rings (SSSR count). The van der Waals surface area contributed by atoms with Gasteiger partial charge in [0, 0.05) is 28.9 Å². The zero-order chi connectivity index (χ0) is 15.4. The Morgan fingerprint density at radius 1 is 1.32 bits per heavy atom. The fourth-order valence-electron chi connectivity index (χ4n) is 2.24. The Labute approximate surface area is 132 Å². The van der Waals surface area contributed by atoms with E-state index in [9.17, 15) is 4.79 Å². The van der Waals surface area contributed by atoms with Crippen molar-refractivity contribution in [2.75, 3.05) is 11.9 Å². The van der Waals surface area contributed by atoms with Gasteiger partial charge in [-0.15, -0.1) is 11.3 Å². The predicted octanol–water partition coefficient (Wildman–Crippen LogP) is 4.25. The van der Waals surface area contributed by atoms with E-state index in [4.69, 9.17) is 4.74 Å². The lowest BCUT2D eigenvalue weighted by molar-refractivity contribution is -0.137. The summed E-state index contributed by atoms with van der Waals surface area (Å²) in [6.45, 7) is 2.16. The van der Waals surface area contributed by atoms with Crippen molar-refractivity contribution in [2.24, 2.45) is 0 Å². The van der Waals surface area contributed by atoms with Crippen molar-refractivity contribution in [1.82, 2.24) is 4.98 Å². The van der Waals surface area contributed by atoms with Crippen LogP contribution in [0, 0.1) is 0 Å². The summed E-state index contributed by atoms with van der Waals surface area (Å²) in [5, 5.41) is 6.41. The van der Waals surface area contributed by atoms with Crippen molar-refractivity contribution in [3.05, 3.63) is 58.9 Å². The van der Waals surface area contributed by atoms with Gasteiger partial charge in [0.2, 0.25) is 0 Å². The van der Waals surface area contributed by atoms with E-state index in [0.717, 1.165) is 27.2 Å². The number of hydrogen-bond donors (Lipinski definition) is 2.